The third kappa shape index (κ3) is 4.03. The summed E-state index contributed by atoms with van der Waals surface area (Å²) in [6.07, 6.45) is 0. The summed E-state index contributed by atoms with van der Waals surface area (Å²) in [5.41, 5.74) is 0. The summed E-state index contributed by atoms with van der Waals surface area (Å²) in [6.45, 7) is -1.36. The first-order chi connectivity index (χ1) is 12.3. The Morgan fingerprint density at radius 1 is 0.615 bits per heavy atom. The smallest absolute Gasteiger partial charge is 0.200 e. The molecule has 0 saturated heterocycles. The summed E-state index contributed by atoms with van der Waals surface area (Å²) in [5, 5.41) is 4.85. The summed E-state index contributed by atoms with van der Waals surface area (Å²) in [6, 6.07) is 14.0. The molecule has 0 aliphatic rings. The molecule has 0 atom stereocenters. The van der Waals surface area contributed by atoms with Crippen LogP contribution in [0.4, 0.5) is 0 Å². The first-order valence-electron chi connectivity index (χ1n) is 7.16. The van der Waals surface area contributed by atoms with Crippen molar-refractivity contribution < 1.29 is 16.8 Å². The van der Waals surface area contributed by atoms with Crippen LogP contribution in [-0.4, -0.2) is 38.8 Å². The Morgan fingerprint density at radius 3 is 1.19 bits per heavy atom. The van der Waals surface area contributed by atoms with Crippen molar-refractivity contribution in [1.29, 1.82) is 0 Å². The van der Waals surface area contributed by atoms with Crippen molar-refractivity contribution in [3.05, 3.63) is 70.5 Å². The molecule has 2 rings (SSSR count). The standard InChI is InChI=1S/C14H14N4O6S2/c19-15-17(25(21,22)13-7-3-1-4-8-13)11-12-18(16-20)26(23,24)14-9-5-2-6-10-14/h1-10H,11-12H2. The lowest BCUT2D eigenvalue weighted by atomic mass is 10.4. The number of benzene rings is 2. The van der Waals surface area contributed by atoms with Gasteiger partial charge in [0.25, 0.3) is 20.0 Å². The zero-order valence-corrected chi connectivity index (χ0v) is 14.9. The molecule has 0 heterocycles. The maximum atomic E-state index is 12.3. The van der Waals surface area contributed by atoms with Crippen LogP contribution in [0.5, 0.6) is 0 Å². The van der Waals surface area contributed by atoms with Gasteiger partial charge in [0.1, 0.15) is 0 Å². The highest BCUT2D eigenvalue weighted by Crippen LogP contribution is 2.18. The van der Waals surface area contributed by atoms with Crippen LogP contribution in [0.1, 0.15) is 0 Å². The molecule has 0 saturated carbocycles. The van der Waals surface area contributed by atoms with Crippen molar-refractivity contribution >= 4 is 20.0 Å². The predicted octanol–water partition coefficient (Wildman–Crippen LogP) is 1.73. The van der Waals surface area contributed by atoms with Crippen LogP contribution in [0, 0.1) is 9.81 Å². The number of nitrogens with zero attached hydrogens (tertiary/aromatic N) is 4. The van der Waals surface area contributed by atoms with E-state index in [4.69, 9.17) is 0 Å². The average Bonchev–Trinajstić information content (AvgIpc) is 2.66. The van der Waals surface area contributed by atoms with E-state index in [1.165, 1.54) is 48.5 Å². The summed E-state index contributed by atoms with van der Waals surface area (Å²) >= 11 is 0. The average molecular weight is 398 g/mol. The molecule has 0 bridgehead atoms. The molecule has 0 fully saturated rings. The van der Waals surface area contributed by atoms with E-state index in [2.05, 4.69) is 10.6 Å². The van der Waals surface area contributed by atoms with Gasteiger partial charge in [0.05, 0.1) is 33.5 Å². The highest BCUT2D eigenvalue weighted by atomic mass is 32.2. The van der Waals surface area contributed by atoms with Crippen LogP contribution in [0.15, 0.2) is 81.0 Å². The van der Waals surface area contributed by atoms with Crippen molar-refractivity contribution in [2.75, 3.05) is 13.1 Å². The summed E-state index contributed by atoms with van der Waals surface area (Å²) in [5.74, 6) is 0. The second kappa shape index (κ2) is 8.01. The van der Waals surface area contributed by atoms with Crippen LogP contribution in [0.2, 0.25) is 0 Å². The van der Waals surface area contributed by atoms with Gasteiger partial charge in [0.2, 0.25) is 0 Å². The minimum atomic E-state index is -4.28. The fourth-order valence-electron chi connectivity index (χ4n) is 2.01. The minimum Gasteiger partial charge on any atom is -0.200 e. The third-order valence-electron chi connectivity index (χ3n) is 3.30. The molecule has 10 nitrogen and oxygen atoms in total. The van der Waals surface area contributed by atoms with E-state index in [9.17, 15) is 26.6 Å². The van der Waals surface area contributed by atoms with Gasteiger partial charge in [-0.3, -0.25) is 0 Å². The molecule has 0 amide bonds. The second-order valence-corrected chi connectivity index (χ2v) is 8.58. The normalized spacial score (nSPS) is 11.5. The summed E-state index contributed by atoms with van der Waals surface area (Å²) in [7, 11) is -8.55. The first-order valence-corrected chi connectivity index (χ1v) is 10.0. The monoisotopic (exact) mass is 398 g/mol. The van der Waals surface area contributed by atoms with Gasteiger partial charge in [-0.15, -0.1) is 18.6 Å². The zero-order valence-electron chi connectivity index (χ0n) is 13.2. The molecule has 0 spiro atoms. The summed E-state index contributed by atoms with van der Waals surface area (Å²) < 4.78 is 49.7. The molecule has 12 heteroatoms. The predicted molar refractivity (Wildman–Crippen MR) is 92.3 cm³/mol. The van der Waals surface area contributed by atoms with Crippen molar-refractivity contribution in [1.82, 2.24) is 8.83 Å². The van der Waals surface area contributed by atoms with Gasteiger partial charge in [-0.1, -0.05) is 36.4 Å². The van der Waals surface area contributed by atoms with E-state index in [1.807, 2.05) is 0 Å². The van der Waals surface area contributed by atoms with Crippen LogP contribution in [-0.2, 0) is 20.0 Å². The Hall–Kier alpha value is -2.86. The molecule has 0 aromatic heterocycles. The van der Waals surface area contributed by atoms with Crippen LogP contribution in [0.25, 0.3) is 0 Å². The Bertz CT molecular complexity index is 884. The second-order valence-electron chi connectivity index (χ2n) is 4.89. The van der Waals surface area contributed by atoms with Gasteiger partial charge in [0.15, 0.2) is 0 Å². The Labute approximate surface area is 150 Å². The highest BCUT2D eigenvalue weighted by molar-refractivity contribution is 7.89. The molecular weight excluding hydrogens is 384 g/mol. The van der Waals surface area contributed by atoms with Crippen molar-refractivity contribution in [2.24, 2.45) is 10.6 Å². The molecule has 0 N–H and O–H groups in total. The highest BCUT2D eigenvalue weighted by Gasteiger charge is 2.29. The van der Waals surface area contributed by atoms with Gasteiger partial charge < -0.3 is 0 Å². The lowest BCUT2D eigenvalue weighted by Crippen LogP contribution is -2.36. The molecule has 0 unspecified atom stereocenters. The van der Waals surface area contributed by atoms with E-state index in [0.717, 1.165) is 0 Å². The first kappa shape index (κ1) is 19.5. The third-order valence-corrected chi connectivity index (χ3v) is 6.65. The van der Waals surface area contributed by atoms with Gasteiger partial charge in [-0.2, -0.15) is 16.8 Å². The largest absolute Gasteiger partial charge is 0.281 e. The van der Waals surface area contributed by atoms with Crippen LogP contribution >= 0.6 is 0 Å². The lowest BCUT2D eigenvalue weighted by molar-refractivity contribution is 0.356. The number of rotatable bonds is 9. The van der Waals surface area contributed by atoms with E-state index in [0.29, 0.717) is 0 Å². The number of nitroso groups, excluding NO2 is 2. The van der Waals surface area contributed by atoms with E-state index in [-0.39, 0.29) is 18.6 Å². The molecule has 0 radical (unpaired) electrons. The Kier molecular flexibility index (Phi) is 6.00. The summed E-state index contributed by atoms with van der Waals surface area (Å²) in [4.78, 5) is 21.5. The molecule has 2 aromatic carbocycles. The molecule has 138 valence electrons. The van der Waals surface area contributed by atoms with Gasteiger partial charge in [-0.05, 0) is 24.3 Å². The van der Waals surface area contributed by atoms with Crippen LogP contribution in [0.3, 0.4) is 0 Å². The zero-order chi connectivity index (χ0) is 19.2. The van der Waals surface area contributed by atoms with Crippen molar-refractivity contribution in [2.45, 2.75) is 9.79 Å². The fraction of sp³-hybridized carbons (Fsp3) is 0.143. The Morgan fingerprint density at radius 2 is 0.923 bits per heavy atom. The molecular formula is C14H14N4O6S2. The van der Waals surface area contributed by atoms with Gasteiger partial charge in [0, 0.05) is 0 Å². The molecule has 2 aromatic rings. The van der Waals surface area contributed by atoms with Crippen LogP contribution < -0.4 is 0 Å². The van der Waals surface area contributed by atoms with E-state index in [1.54, 1.807) is 12.1 Å². The SMILES string of the molecule is O=NN(CCN(N=O)S(=O)(=O)c1ccccc1)S(=O)(=O)c1ccccc1. The topological polar surface area (TPSA) is 134 Å². The number of hydrogen-bond acceptors (Lipinski definition) is 8. The molecule has 0 aliphatic carbocycles. The molecule has 26 heavy (non-hydrogen) atoms. The maximum Gasteiger partial charge on any atom is 0.281 e. The minimum absolute atomic E-state index is 0.168. The quantitative estimate of drug-likeness (QED) is 0.466. The van der Waals surface area contributed by atoms with E-state index >= 15 is 0 Å². The Balaban J connectivity index is 2.21. The van der Waals surface area contributed by atoms with Gasteiger partial charge >= 0.3 is 0 Å². The number of hydrogen-bond donors (Lipinski definition) is 0. The lowest BCUT2D eigenvalue weighted by Gasteiger charge is -2.19. The van der Waals surface area contributed by atoms with Crippen molar-refractivity contribution in [3.63, 3.8) is 0 Å². The van der Waals surface area contributed by atoms with Crippen molar-refractivity contribution in [3.8, 4) is 0 Å². The fourth-order valence-corrected chi connectivity index (χ4v) is 4.32. The number of sulfonamides is 2. The maximum absolute atomic E-state index is 12.3. The van der Waals surface area contributed by atoms with E-state index < -0.39 is 33.1 Å². The van der Waals surface area contributed by atoms with Gasteiger partial charge in [-0.25, -0.2) is 0 Å². The molecule has 0 aliphatic heterocycles.